The number of fused-ring (bicyclic) bond motifs is 2. The standard InChI is InChI=1S/C27H29ClN4O2/c28-16-25(33)24-15-26(34-18-20-9-5-2-6-10-20)30-31-27(24)29-21-13-22-11-12-23(14-21)32(22)17-19-7-3-1-4-8-19/h1-10,15,21-23H,11-14,16-18H2,(H,29,31). The van der Waals surface area contributed by atoms with E-state index in [0.717, 1.165) is 24.9 Å². The van der Waals surface area contributed by atoms with Crippen molar-refractivity contribution in [1.82, 2.24) is 15.1 Å². The summed E-state index contributed by atoms with van der Waals surface area (Å²) in [5.74, 6) is 0.520. The largest absolute Gasteiger partial charge is 0.472 e. The Labute approximate surface area is 205 Å². The molecular weight excluding hydrogens is 448 g/mol. The number of anilines is 1. The Bertz CT molecular complexity index is 1100. The van der Waals surface area contributed by atoms with Gasteiger partial charge in [-0.15, -0.1) is 21.8 Å². The van der Waals surface area contributed by atoms with Crippen LogP contribution >= 0.6 is 11.6 Å². The number of nitrogens with one attached hydrogen (secondary N) is 1. The van der Waals surface area contributed by atoms with Crippen molar-refractivity contribution >= 4 is 23.2 Å². The second-order valence-corrected chi connectivity index (χ2v) is 9.40. The number of nitrogens with zero attached hydrogens (tertiary/aromatic N) is 3. The van der Waals surface area contributed by atoms with E-state index in [9.17, 15) is 4.79 Å². The van der Waals surface area contributed by atoms with Gasteiger partial charge in [-0.1, -0.05) is 60.7 Å². The lowest BCUT2D eigenvalue weighted by atomic mass is 9.96. The average Bonchev–Trinajstić information content (AvgIpc) is 3.10. The predicted molar refractivity (Wildman–Crippen MR) is 133 cm³/mol. The summed E-state index contributed by atoms with van der Waals surface area (Å²) in [7, 11) is 0. The van der Waals surface area contributed by atoms with Crippen LogP contribution < -0.4 is 10.1 Å². The summed E-state index contributed by atoms with van der Waals surface area (Å²) in [5.41, 5.74) is 2.82. The van der Waals surface area contributed by atoms with Gasteiger partial charge in [0.15, 0.2) is 11.6 Å². The Morgan fingerprint density at radius 3 is 2.26 bits per heavy atom. The number of alkyl halides is 1. The quantitative estimate of drug-likeness (QED) is 0.343. The van der Waals surface area contributed by atoms with E-state index in [4.69, 9.17) is 16.3 Å². The highest BCUT2D eigenvalue weighted by molar-refractivity contribution is 6.31. The van der Waals surface area contributed by atoms with Crippen LogP contribution in [-0.2, 0) is 13.2 Å². The zero-order valence-corrected chi connectivity index (χ0v) is 19.8. The molecule has 0 amide bonds. The van der Waals surface area contributed by atoms with Crippen LogP contribution in [0.4, 0.5) is 5.82 Å². The van der Waals surface area contributed by atoms with Crippen molar-refractivity contribution in [1.29, 1.82) is 0 Å². The molecule has 0 aliphatic carbocycles. The minimum atomic E-state index is -0.187. The molecule has 5 rings (SSSR count). The maximum atomic E-state index is 12.6. The molecule has 2 bridgehead atoms. The second kappa shape index (κ2) is 10.5. The summed E-state index contributed by atoms with van der Waals surface area (Å²) in [6, 6.07) is 23.5. The van der Waals surface area contributed by atoms with Crippen LogP contribution in [0.15, 0.2) is 66.7 Å². The number of hydrogen-bond donors (Lipinski definition) is 1. The molecule has 2 fully saturated rings. The second-order valence-electron chi connectivity index (χ2n) is 9.13. The zero-order chi connectivity index (χ0) is 23.3. The predicted octanol–water partition coefficient (Wildman–Crippen LogP) is 5.08. The molecule has 2 aromatic carbocycles. The summed E-state index contributed by atoms with van der Waals surface area (Å²) in [6.07, 6.45) is 4.46. The normalized spacial score (nSPS) is 21.9. The van der Waals surface area contributed by atoms with Gasteiger partial charge in [-0.05, 0) is 36.8 Å². The summed E-state index contributed by atoms with van der Waals surface area (Å²) < 4.78 is 5.78. The molecule has 6 nitrogen and oxygen atoms in total. The van der Waals surface area contributed by atoms with Crippen molar-refractivity contribution in [2.75, 3.05) is 11.2 Å². The van der Waals surface area contributed by atoms with Crippen LogP contribution in [0.5, 0.6) is 5.88 Å². The average molecular weight is 477 g/mol. The van der Waals surface area contributed by atoms with Gasteiger partial charge >= 0.3 is 0 Å². The summed E-state index contributed by atoms with van der Waals surface area (Å²) in [5, 5.41) is 12.1. The van der Waals surface area contributed by atoms with Crippen LogP contribution in [0, 0.1) is 0 Å². The minimum Gasteiger partial charge on any atom is -0.472 e. The number of hydrogen-bond acceptors (Lipinski definition) is 6. The molecule has 2 atom stereocenters. The minimum absolute atomic E-state index is 0.112. The molecule has 0 spiro atoms. The van der Waals surface area contributed by atoms with Gasteiger partial charge < -0.3 is 10.1 Å². The Morgan fingerprint density at radius 2 is 1.62 bits per heavy atom. The first-order chi connectivity index (χ1) is 16.7. The first kappa shape index (κ1) is 22.8. The molecule has 1 N–H and O–H groups in total. The highest BCUT2D eigenvalue weighted by Gasteiger charge is 2.40. The van der Waals surface area contributed by atoms with Crippen molar-refractivity contribution in [3.63, 3.8) is 0 Å². The fourth-order valence-corrected chi connectivity index (χ4v) is 5.35. The van der Waals surface area contributed by atoms with Crippen LogP contribution in [0.2, 0.25) is 0 Å². The number of rotatable bonds is 9. The Hall–Kier alpha value is -2.96. The Balaban J connectivity index is 1.26. The van der Waals surface area contributed by atoms with Crippen LogP contribution in [0.1, 0.15) is 47.2 Å². The fourth-order valence-electron chi connectivity index (χ4n) is 5.20. The van der Waals surface area contributed by atoms with E-state index in [1.165, 1.54) is 18.4 Å². The molecule has 7 heteroatoms. The van der Waals surface area contributed by atoms with Crippen molar-refractivity contribution < 1.29 is 9.53 Å². The van der Waals surface area contributed by atoms with E-state index in [-0.39, 0.29) is 17.7 Å². The first-order valence-corrected chi connectivity index (χ1v) is 12.4. The molecule has 34 heavy (non-hydrogen) atoms. The topological polar surface area (TPSA) is 67.3 Å². The van der Waals surface area contributed by atoms with Crippen LogP contribution in [-0.4, -0.2) is 44.9 Å². The number of ether oxygens (including phenoxy) is 1. The number of carbonyl (C=O) groups is 1. The molecular formula is C27H29ClN4O2. The molecule has 176 valence electrons. The van der Waals surface area contributed by atoms with E-state index in [0.29, 0.717) is 36.0 Å². The SMILES string of the molecule is O=C(CCl)c1cc(OCc2ccccc2)nnc1NC1CC2CCC(C1)N2Cc1ccccc1. The smallest absolute Gasteiger partial charge is 0.234 e. The monoisotopic (exact) mass is 476 g/mol. The number of aromatic nitrogens is 2. The van der Waals surface area contributed by atoms with Crippen molar-refractivity contribution in [3.05, 3.63) is 83.4 Å². The van der Waals surface area contributed by atoms with Gasteiger partial charge in [-0.3, -0.25) is 9.69 Å². The number of benzene rings is 2. The molecule has 2 aliphatic heterocycles. The molecule has 0 radical (unpaired) electrons. The van der Waals surface area contributed by atoms with E-state index >= 15 is 0 Å². The maximum Gasteiger partial charge on any atom is 0.234 e. The van der Waals surface area contributed by atoms with E-state index < -0.39 is 0 Å². The Morgan fingerprint density at radius 1 is 0.971 bits per heavy atom. The summed E-state index contributed by atoms with van der Waals surface area (Å²) in [6.45, 7) is 1.35. The highest BCUT2D eigenvalue weighted by Crippen LogP contribution is 2.38. The van der Waals surface area contributed by atoms with Gasteiger partial charge in [0.25, 0.3) is 0 Å². The van der Waals surface area contributed by atoms with Crippen LogP contribution in [0.25, 0.3) is 0 Å². The van der Waals surface area contributed by atoms with Crippen molar-refractivity contribution in [2.24, 2.45) is 0 Å². The zero-order valence-electron chi connectivity index (χ0n) is 19.1. The van der Waals surface area contributed by atoms with E-state index in [1.54, 1.807) is 6.07 Å². The number of halogens is 1. The van der Waals surface area contributed by atoms with Gasteiger partial charge in [0.1, 0.15) is 6.61 Å². The van der Waals surface area contributed by atoms with E-state index in [2.05, 4.69) is 50.7 Å². The van der Waals surface area contributed by atoms with Gasteiger partial charge in [0.2, 0.25) is 5.88 Å². The van der Waals surface area contributed by atoms with Gasteiger partial charge in [-0.2, -0.15) is 0 Å². The number of carbonyl (C=O) groups excluding carboxylic acids is 1. The van der Waals surface area contributed by atoms with E-state index in [1.807, 2.05) is 30.3 Å². The van der Waals surface area contributed by atoms with Crippen LogP contribution in [0.3, 0.4) is 0 Å². The lowest BCUT2D eigenvalue weighted by Crippen LogP contribution is -2.46. The highest BCUT2D eigenvalue weighted by atomic mass is 35.5. The third-order valence-electron chi connectivity index (χ3n) is 6.86. The molecule has 2 unspecified atom stereocenters. The molecule has 3 aromatic rings. The summed E-state index contributed by atoms with van der Waals surface area (Å²) >= 11 is 5.91. The molecule has 2 saturated heterocycles. The maximum absolute atomic E-state index is 12.6. The number of piperidine rings is 1. The number of Topliss-reactive ketones (excluding diaryl/α,β-unsaturated/α-hetero) is 1. The third kappa shape index (κ3) is 5.24. The third-order valence-corrected chi connectivity index (χ3v) is 7.10. The molecule has 2 aliphatic rings. The van der Waals surface area contributed by atoms with Crippen molar-refractivity contribution in [3.8, 4) is 5.88 Å². The lowest BCUT2D eigenvalue weighted by Gasteiger charge is -2.39. The molecule has 1 aromatic heterocycles. The first-order valence-electron chi connectivity index (χ1n) is 11.9. The molecule has 3 heterocycles. The van der Waals surface area contributed by atoms with Gasteiger partial charge in [0, 0.05) is 30.7 Å². The lowest BCUT2D eigenvalue weighted by molar-refractivity contribution is 0.102. The van der Waals surface area contributed by atoms with Gasteiger partial charge in [-0.25, -0.2) is 0 Å². The van der Waals surface area contributed by atoms with Crippen molar-refractivity contribution in [2.45, 2.75) is 57.0 Å². The Kier molecular flexibility index (Phi) is 7.07. The molecule has 0 saturated carbocycles. The van der Waals surface area contributed by atoms with Gasteiger partial charge in [0.05, 0.1) is 11.4 Å². The summed E-state index contributed by atoms with van der Waals surface area (Å²) in [4.78, 5) is 15.2. The fraction of sp³-hybridized carbons (Fsp3) is 0.370. The number of ketones is 1.